The maximum atomic E-state index is 4.28. The smallest absolute Gasteiger partial charge is 0.225 e. The predicted molar refractivity (Wildman–Crippen MR) is 62.9 cm³/mol. The molecule has 0 unspecified atom stereocenters. The van der Waals surface area contributed by atoms with E-state index >= 15 is 0 Å². The van der Waals surface area contributed by atoms with E-state index in [-0.39, 0.29) is 0 Å². The number of rotatable bonds is 4. The normalized spacial score (nSPS) is 10.1. The van der Waals surface area contributed by atoms with E-state index < -0.39 is 0 Å². The van der Waals surface area contributed by atoms with Gasteiger partial charge in [-0.25, -0.2) is 9.97 Å². The van der Waals surface area contributed by atoms with Gasteiger partial charge in [0.2, 0.25) is 5.95 Å². The largest absolute Gasteiger partial charge is 0.341 e. The van der Waals surface area contributed by atoms with Gasteiger partial charge in [-0.3, -0.25) is 0 Å². The van der Waals surface area contributed by atoms with E-state index in [2.05, 4.69) is 51.3 Å². The quantitative estimate of drug-likeness (QED) is 0.797. The van der Waals surface area contributed by atoms with Gasteiger partial charge in [0, 0.05) is 29.1 Å². The molecular weight excluding hydrogens is 277 g/mol. The molecule has 0 aliphatic heterocycles. The lowest BCUT2D eigenvalue weighted by molar-refractivity contribution is 0.761. The molecule has 0 aromatic carbocycles. The van der Waals surface area contributed by atoms with Gasteiger partial charge in [-0.2, -0.15) is 0 Å². The molecular formula is C9H14IN3. The fourth-order valence-electron chi connectivity index (χ4n) is 1.14. The molecule has 1 aromatic rings. The van der Waals surface area contributed by atoms with Gasteiger partial charge < -0.3 is 4.90 Å². The molecule has 1 heterocycles. The third kappa shape index (κ3) is 3.10. The van der Waals surface area contributed by atoms with Gasteiger partial charge in [0.05, 0.1) is 0 Å². The Hall–Kier alpha value is -0.390. The number of hydrogen-bond acceptors (Lipinski definition) is 3. The Labute approximate surface area is 92.7 Å². The second-order valence-corrected chi connectivity index (χ2v) is 4.03. The molecule has 0 bridgehead atoms. The maximum absolute atomic E-state index is 4.28. The Kier molecular flexibility index (Phi) is 4.41. The van der Waals surface area contributed by atoms with Crippen molar-refractivity contribution in [3.63, 3.8) is 0 Å². The zero-order valence-corrected chi connectivity index (χ0v) is 10.2. The molecule has 0 amide bonds. The van der Waals surface area contributed by atoms with Crippen molar-refractivity contribution in [2.24, 2.45) is 0 Å². The van der Waals surface area contributed by atoms with E-state index in [1.54, 1.807) is 0 Å². The van der Waals surface area contributed by atoms with Crippen LogP contribution in [0.2, 0.25) is 0 Å². The van der Waals surface area contributed by atoms with Gasteiger partial charge in [0.15, 0.2) is 0 Å². The molecule has 0 fully saturated rings. The fourth-order valence-corrected chi connectivity index (χ4v) is 1.42. The zero-order chi connectivity index (χ0) is 9.68. The van der Waals surface area contributed by atoms with Crippen LogP contribution in [0.3, 0.4) is 0 Å². The monoisotopic (exact) mass is 291 g/mol. The maximum Gasteiger partial charge on any atom is 0.225 e. The second kappa shape index (κ2) is 5.36. The second-order valence-electron chi connectivity index (χ2n) is 2.78. The minimum atomic E-state index is 0.838. The molecule has 72 valence electrons. The summed E-state index contributed by atoms with van der Waals surface area (Å²) in [5.74, 6) is 0.838. The van der Waals surface area contributed by atoms with Gasteiger partial charge in [-0.05, 0) is 35.9 Å². The van der Waals surface area contributed by atoms with Crippen LogP contribution in [0.25, 0.3) is 0 Å². The van der Waals surface area contributed by atoms with Crippen LogP contribution in [0.1, 0.15) is 20.3 Å². The standard InChI is InChI=1S/C9H14IN3/c1-3-5-13(4-2)9-11-6-8(10)7-12-9/h6-7H,3-5H2,1-2H3. The molecule has 4 heteroatoms. The van der Waals surface area contributed by atoms with Crippen LogP contribution >= 0.6 is 22.6 Å². The molecule has 0 spiro atoms. The Balaban J connectivity index is 2.73. The third-order valence-corrected chi connectivity index (χ3v) is 2.32. The van der Waals surface area contributed by atoms with Gasteiger partial charge in [-0.1, -0.05) is 6.92 Å². The average molecular weight is 291 g/mol. The summed E-state index contributed by atoms with van der Waals surface area (Å²) in [5, 5.41) is 0. The Morgan fingerprint density at radius 1 is 1.31 bits per heavy atom. The van der Waals surface area contributed by atoms with Crippen molar-refractivity contribution >= 4 is 28.5 Å². The molecule has 0 aliphatic carbocycles. The van der Waals surface area contributed by atoms with Crippen molar-refractivity contribution in [1.82, 2.24) is 9.97 Å². The summed E-state index contributed by atoms with van der Waals surface area (Å²) in [5.41, 5.74) is 0. The topological polar surface area (TPSA) is 29.0 Å². The van der Waals surface area contributed by atoms with Gasteiger partial charge in [0.1, 0.15) is 0 Å². The van der Waals surface area contributed by atoms with Crippen molar-refractivity contribution in [1.29, 1.82) is 0 Å². The molecule has 0 N–H and O–H groups in total. The van der Waals surface area contributed by atoms with Gasteiger partial charge in [-0.15, -0.1) is 0 Å². The SMILES string of the molecule is CCCN(CC)c1ncc(I)cn1. The molecule has 0 atom stereocenters. The summed E-state index contributed by atoms with van der Waals surface area (Å²) >= 11 is 2.21. The van der Waals surface area contributed by atoms with Crippen LogP contribution in [0.15, 0.2) is 12.4 Å². The highest BCUT2D eigenvalue weighted by molar-refractivity contribution is 14.1. The first kappa shape index (κ1) is 10.7. The minimum Gasteiger partial charge on any atom is -0.341 e. The van der Waals surface area contributed by atoms with E-state index in [0.29, 0.717) is 0 Å². The first-order valence-electron chi connectivity index (χ1n) is 4.50. The van der Waals surface area contributed by atoms with Gasteiger partial charge >= 0.3 is 0 Å². The lowest BCUT2D eigenvalue weighted by atomic mass is 10.4. The molecule has 1 aromatic heterocycles. The van der Waals surface area contributed by atoms with Crippen molar-refractivity contribution in [3.05, 3.63) is 16.0 Å². The first-order chi connectivity index (χ1) is 6.27. The third-order valence-electron chi connectivity index (χ3n) is 1.76. The lowest BCUT2D eigenvalue weighted by Crippen LogP contribution is -2.25. The highest BCUT2D eigenvalue weighted by Crippen LogP contribution is 2.08. The fraction of sp³-hybridized carbons (Fsp3) is 0.556. The lowest BCUT2D eigenvalue weighted by Gasteiger charge is -2.19. The van der Waals surface area contributed by atoms with Crippen LogP contribution in [0, 0.1) is 3.57 Å². The number of halogens is 1. The van der Waals surface area contributed by atoms with Crippen LogP contribution in [-0.4, -0.2) is 23.1 Å². The number of anilines is 1. The summed E-state index contributed by atoms with van der Waals surface area (Å²) < 4.78 is 1.08. The Morgan fingerprint density at radius 2 is 1.92 bits per heavy atom. The number of hydrogen-bond donors (Lipinski definition) is 0. The molecule has 3 nitrogen and oxygen atoms in total. The van der Waals surface area contributed by atoms with E-state index in [1.807, 2.05) is 12.4 Å². The van der Waals surface area contributed by atoms with E-state index in [1.165, 1.54) is 0 Å². The highest BCUT2D eigenvalue weighted by atomic mass is 127. The van der Waals surface area contributed by atoms with E-state index in [9.17, 15) is 0 Å². The number of nitrogens with zero attached hydrogens (tertiary/aromatic N) is 3. The van der Waals surface area contributed by atoms with Gasteiger partial charge in [0.25, 0.3) is 0 Å². The van der Waals surface area contributed by atoms with Crippen LogP contribution in [0.5, 0.6) is 0 Å². The summed E-state index contributed by atoms with van der Waals surface area (Å²) in [6, 6.07) is 0. The summed E-state index contributed by atoms with van der Waals surface area (Å²) in [7, 11) is 0. The summed E-state index contributed by atoms with van der Waals surface area (Å²) in [6.07, 6.45) is 4.83. The van der Waals surface area contributed by atoms with Crippen LogP contribution in [0.4, 0.5) is 5.95 Å². The highest BCUT2D eigenvalue weighted by Gasteiger charge is 2.04. The molecule has 0 radical (unpaired) electrons. The Bertz CT molecular complexity index is 248. The van der Waals surface area contributed by atoms with E-state index in [0.717, 1.165) is 29.0 Å². The molecule has 1 rings (SSSR count). The molecule has 0 saturated heterocycles. The predicted octanol–water partition coefficient (Wildman–Crippen LogP) is 2.32. The zero-order valence-electron chi connectivity index (χ0n) is 8.00. The number of aromatic nitrogens is 2. The molecule has 0 saturated carbocycles. The summed E-state index contributed by atoms with van der Waals surface area (Å²) in [4.78, 5) is 10.7. The minimum absolute atomic E-state index is 0.838. The van der Waals surface area contributed by atoms with Crippen molar-refractivity contribution in [2.45, 2.75) is 20.3 Å². The van der Waals surface area contributed by atoms with E-state index in [4.69, 9.17) is 0 Å². The summed E-state index contributed by atoms with van der Waals surface area (Å²) in [6.45, 7) is 6.28. The van der Waals surface area contributed by atoms with Crippen molar-refractivity contribution in [3.8, 4) is 0 Å². The molecule has 0 aliphatic rings. The molecule has 13 heavy (non-hydrogen) atoms. The first-order valence-corrected chi connectivity index (χ1v) is 5.58. The van der Waals surface area contributed by atoms with Crippen LogP contribution < -0.4 is 4.90 Å². The van der Waals surface area contributed by atoms with Crippen molar-refractivity contribution in [2.75, 3.05) is 18.0 Å². The van der Waals surface area contributed by atoms with Crippen LogP contribution in [-0.2, 0) is 0 Å². The van der Waals surface area contributed by atoms with Crippen molar-refractivity contribution < 1.29 is 0 Å². The average Bonchev–Trinajstić information content (AvgIpc) is 2.16. The Morgan fingerprint density at radius 3 is 2.38 bits per heavy atom.